The van der Waals surface area contributed by atoms with E-state index in [1.807, 2.05) is 6.92 Å². The molecule has 0 N–H and O–H groups in total. The molecule has 1 rings (SSSR count). The van der Waals surface area contributed by atoms with Crippen LogP contribution in [0.4, 0.5) is 0 Å². The topological polar surface area (TPSA) is 69.7 Å². The highest BCUT2D eigenvalue weighted by atomic mass is 35.7. The summed E-state index contributed by atoms with van der Waals surface area (Å²) in [4.78, 5) is 11.5. The molecule has 0 radical (unpaired) electrons. The Labute approximate surface area is 114 Å². The van der Waals surface area contributed by atoms with Gasteiger partial charge in [0.15, 0.2) is 0 Å². The van der Waals surface area contributed by atoms with Crippen LogP contribution in [0.3, 0.4) is 0 Å². The van der Waals surface area contributed by atoms with Crippen LogP contribution in [0, 0.1) is 0 Å². The van der Waals surface area contributed by atoms with Crippen molar-refractivity contribution < 1.29 is 22.7 Å². The molecule has 0 saturated heterocycles. The molecule has 1 heterocycles. The Hall–Kier alpha value is -0.630. The number of hydrogen-bond donors (Lipinski definition) is 0. The SMILES string of the molecule is CCCOCCOC(=O)c1csc(S(=O)(=O)Cl)c1. The van der Waals surface area contributed by atoms with E-state index in [-0.39, 0.29) is 16.4 Å². The molecule has 5 nitrogen and oxygen atoms in total. The lowest BCUT2D eigenvalue weighted by atomic mass is 10.3. The van der Waals surface area contributed by atoms with Crippen LogP contribution in [0.1, 0.15) is 23.7 Å². The van der Waals surface area contributed by atoms with E-state index in [0.29, 0.717) is 13.2 Å². The van der Waals surface area contributed by atoms with Crippen molar-refractivity contribution in [2.75, 3.05) is 19.8 Å². The number of esters is 1. The minimum Gasteiger partial charge on any atom is -0.460 e. The second-order valence-corrected chi connectivity index (χ2v) is 7.04. The highest BCUT2D eigenvalue weighted by molar-refractivity contribution is 8.15. The zero-order valence-corrected chi connectivity index (χ0v) is 12.1. The zero-order valence-electron chi connectivity index (χ0n) is 9.72. The summed E-state index contributed by atoms with van der Waals surface area (Å²) < 4.78 is 32.0. The van der Waals surface area contributed by atoms with Gasteiger partial charge in [0, 0.05) is 22.7 Å². The fourth-order valence-corrected chi connectivity index (χ4v) is 3.01. The Kier molecular flexibility index (Phi) is 6.07. The predicted octanol–water partition coefficient (Wildman–Crippen LogP) is 2.26. The maximum Gasteiger partial charge on any atom is 0.339 e. The molecule has 0 unspecified atom stereocenters. The van der Waals surface area contributed by atoms with Gasteiger partial charge in [-0.25, -0.2) is 13.2 Å². The number of carbonyl (C=O) groups excluding carboxylic acids is 1. The average Bonchev–Trinajstić information content (AvgIpc) is 2.77. The highest BCUT2D eigenvalue weighted by Gasteiger charge is 2.17. The number of carbonyl (C=O) groups is 1. The van der Waals surface area contributed by atoms with E-state index in [1.54, 1.807) is 0 Å². The third-order valence-electron chi connectivity index (χ3n) is 1.86. The summed E-state index contributed by atoms with van der Waals surface area (Å²) >= 11 is 0.880. The molecular weight excluding hydrogens is 300 g/mol. The third kappa shape index (κ3) is 4.93. The standard InChI is InChI=1S/C10H13ClO5S2/c1-2-3-15-4-5-16-10(12)8-6-9(17-7-8)18(11,13)14/h6-7H,2-5H2,1H3. The molecule has 0 aromatic carbocycles. The van der Waals surface area contributed by atoms with E-state index in [2.05, 4.69) is 0 Å². The van der Waals surface area contributed by atoms with Gasteiger partial charge in [-0.2, -0.15) is 0 Å². The smallest absolute Gasteiger partial charge is 0.339 e. The molecule has 18 heavy (non-hydrogen) atoms. The second-order valence-electron chi connectivity index (χ2n) is 3.34. The summed E-state index contributed by atoms with van der Waals surface area (Å²) in [6.07, 6.45) is 0.898. The van der Waals surface area contributed by atoms with Gasteiger partial charge in [-0.15, -0.1) is 11.3 Å². The molecule has 0 fully saturated rings. The van der Waals surface area contributed by atoms with Crippen LogP contribution in [-0.4, -0.2) is 34.2 Å². The molecule has 0 bridgehead atoms. The van der Waals surface area contributed by atoms with E-state index in [0.717, 1.165) is 17.8 Å². The lowest BCUT2D eigenvalue weighted by Crippen LogP contribution is -2.10. The third-order valence-corrected chi connectivity index (χ3v) is 4.90. The van der Waals surface area contributed by atoms with Gasteiger partial charge in [0.05, 0.1) is 12.2 Å². The molecule has 102 valence electrons. The molecule has 0 aliphatic rings. The molecular formula is C10H13ClO5S2. The van der Waals surface area contributed by atoms with Crippen LogP contribution < -0.4 is 0 Å². The molecule has 0 saturated carbocycles. The minimum absolute atomic E-state index is 0.0710. The molecule has 1 aromatic rings. The Morgan fingerprint density at radius 2 is 2.11 bits per heavy atom. The fraction of sp³-hybridized carbons (Fsp3) is 0.500. The molecule has 0 aliphatic carbocycles. The molecule has 1 aromatic heterocycles. The lowest BCUT2D eigenvalue weighted by Gasteiger charge is -2.03. The van der Waals surface area contributed by atoms with Crippen molar-refractivity contribution in [1.29, 1.82) is 0 Å². The summed E-state index contributed by atoms with van der Waals surface area (Å²) in [5.41, 5.74) is 0.176. The Balaban J connectivity index is 2.45. The van der Waals surface area contributed by atoms with Crippen LogP contribution in [0.15, 0.2) is 15.7 Å². The Morgan fingerprint density at radius 3 is 2.67 bits per heavy atom. The first-order valence-corrected chi connectivity index (χ1v) is 8.42. The quantitative estimate of drug-likeness (QED) is 0.439. The van der Waals surface area contributed by atoms with Crippen LogP contribution >= 0.6 is 22.0 Å². The van der Waals surface area contributed by atoms with Gasteiger partial charge in [0.25, 0.3) is 9.05 Å². The molecule has 8 heteroatoms. The highest BCUT2D eigenvalue weighted by Crippen LogP contribution is 2.24. The second kappa shape index (κ2) is 7.08. The first-order valence-electron chi connectivity index (χ1n) is 5.23. The van der Waals surface area contributed by atoms with Crippen molar-refractivity contribution in [3.8, 4) is 0 Å². The van der Waals surface area contributed by atoms with Gasteiger partial charge in [-0.3, -0.25) is 0 Å². The number of thiophene rings is 1. The Morgan fingerprint density at radius 1 is 1.39 bits per heavy atom. The van der Waals surface area contributed by atoms with Gasteiger partial charge in [0.1, 0.15) is 10.8 Å². The minimum atomic E-state index is -3.79. The fourth-order valence-electron chi connectivity index (χ4n) is 1.07. The van der Waals surface area contributed by atoms with Crippen molar-refractivity contribution in [2.24, 2.45) is 0 Å². The monoisotopic (exact) mass is 312 g/mol. The molecule has 0 aliphatic heterocycles. The molecule has 0 spiro atoms. The van der Waals surface area contributed by atoms with Crippen LogP contribution in [0.2, 0.25) is 0 Å². The molecule has 0 amide bonds. The van der Waals surface area contributed by atoms with Crippen LogP contribution in [-0.2, 0) is 18.5 Å². The summed E-state index contributed by atoms with van der Waals surface area (Å²) in [6.45, 7) is 3.05. The van der Waals surface area contributed by atoms with Gasteiger partial charge < -0.3 is 9.47 Å². The maximum absolute atomic E-state index is 11.5. The van der Waals surface area contributed by atoms with Crippen LogP contribution in [0.5, 0.6) is 0 Å². The largest absolute Gasteiger partial charge is 0.460 e. The van der Waals surface area contributed by atoms with Crippen molar-refractivity contribution in [3.05, 3.63) is 17.0 Å². The number of hydrogen-bond acceptors (Lipinski definition) is 6. The molecule has 0 atom stereocenters. The van der Waals surface area contributed by atoms with Gasteiger partial charge in [-0.05, 0) is 12.5 Å². The van der Waals surface area contributed by atoms with E-state index in [9.17, 15) is 13.2 Å². The summed E-state index contributed by atoms with van der Waals surface area (Å²) in [5.74, 6) is -0.585. The lowest BCUT2D eigenvalue weighted by molar-refractivity contribution is 0.0319. The van der Waals surface area contributed by atoms with E-state index < -0.39 is 15.0 Å². The van der Waals surface area contributed by atoms with Crippen molar-refractivity contribution in [2.45, 2.75) is 17.6 Å². The van der Waals surface area contributed by atoms with Gasteiger partial charge >= 0.3 is 5.97 Å². The van der Waals surface area contributed by atoms with Crippen LogP contribution in [0.25, 0.3) is 0 Å². The van der Waals surface area contributed by atoms with Crippen molar-refractivity contribution in [1.82, 2.24) is 0 Å². The van der Waals surface area contributed by atoms with E-state index >= 15 is 0 Å². The number of ether oxygens (including phenoxy) is 2. The summed E-state index contributed by atoms with van der Waals surface area (Å²) in [6, 6.07) is 1.20. The van der Waals surface area contributed by atoms with E-state index in [4.69, 9.17) is 20.2 Å². The van der Waals surface area contributed by atoms with Crippen molar-refractivity contribution >= 4 is 37.0 Å². The average molecular weight is 313 g/mol. The number of halogens is 1. The van der Waals surface area contributed by atoms with Crippen molar-refractivity contribution in [3.63, 3.8) is 0 Å². The normalized spacial score (nSPS) is 11.4. The summed E-state index contributed by atoms with van der Waals surface area (Å²) in [5, 5.41) is 1.39. The Bertz CT molecular complexity index is 494. The van der Waals surface area contributed by atoms with Gasteiger partial charge in [0.2, 0.25) is 0 Å². The maximum atomic E-state index is 11.5. The first-order chi connectivity index (χ1) is 8.45. The first kappa shape index (κ1) is 15.4. The van der Waals surface area contributed by atoms with Gasteiger partial charge in [-0.1, -0.05) is 6.92 Å². The van der Waals surface area contributed by atoms with E-state index in [1.165, 1.54) is 11.4 Å². The summed E-state index contributed by atoms with van der Waals surface area (Å²) in [7, 11) is 1.36. The predicted molar refractivity (Wildman–Crippen MR) is 68.8 cm³/mol. The zero-order chi connectivity index (χ0) is 13.6. The number of rotatable bonds is 7.